The number of benzene rings is 2. The minimum atomic E-state index is -4.84. The number of aromatic nitrogens is 2. The van der Waals surface area contributed by atoms with Crippen molar-refractivity contribution in [2.24, 2.45) is 0 Å². The Morgan fingerprint density at radius 1 is 1.21 bits per heavy atom. The molecule has 2 saturated heterocycles. The van der Waals surface area contributed by atoms with Crippen LogP contribution in [-0.4, -0.2) is 33.4 Å². The van der Waals surface area contributed by atoms with Crippen LogP contribution in [0, 0.1) is 6.92 Å². The third-order valence-electron chi connectivity index (χ3n) is 7.24. The van der Waals surface area contributed by atoms with Crippen LogP contribution in [0.4, 0.5) is 0 Å². The van der Waals surface area contributed by atoms with Gasteiger partial charge >= 0.3 is 0 Å². The van der Waals surface area contributed by atoms with Crippen LogP contribution in [0.1, 0.15) is 48.5 Å². The number of halogens is 1. The van der Waals surface area contributed by atoms with Crippen LogP contribution < -0.4 is 14.2 Å². The molecule has 2 fully saturated rings. The number of phosphoric acid groups is 1. The molecule has 1 amide bonds. The van der Waals surface area contributed by atoms with Gasteiger partial charge in [0.15, 0.2) is 18.2 Å². The van der Waals surface area contributed by atoms with Crippen molar-refractivity contribution in [2.45, 2.75) is 51.4 Å². The fourth-order valence-electron chi connectivity index (χ4n) is 5.37. The van der Waals surface area contributed by atoms with E-state index < -0.39 is 7.82 Å². The van der Waals surface area contributed by atoms with Gasteiger partial charge in [-0.3, -0.25) is 13.9 Å². The van der Waals surface area contributed by atoms with E-state index in [1.807, 2.05) is 53.4 Å². The number of carbonyl (C=O) groups excluding carboxylic acids is 1. The summed E-state index contributed by atoms with van der Waals surface area (Å²) in [5.74, 6) is 0.656. The van der Waals surface area contributed by atoms with Crippen molar-refractivity contribution in [3.8, 4) is 11.4 Å². The lowest BCUT2D eigenvalue weighted by Crippen LogP contribution is -2.41. The van der Waals surface area contributed by atoms with E-state index >= 15 is 0 Å². The molecule has 2 aromatic carbocycles. The van der Waals surface area contributed by atoms with Gasteiger partial charge in [0, 0.05) is 23.6 Å². The summed E-state index contributed by atoms with van der Waals surface area (Å²) in [5.41, 5.74) is 4.18. The van der Waals surface area contributed by atoms with E-state index in [-0.39, 0.29) is 24.7 Å². The largest absolute Gasteiger partial charge is 0.756 e. The molecule has 0 aliphatic carbocycles. The van der Waals surface area contributed by atoms with Gasteiger partial charge in [-0.2, -0.15) is 4.57 Å². The van der Waals surface area contributed by atoms with Crippen LogP contribution in [0.3, 0.4) is 0 Å². The summed E-state index contributed by atoms with van der Waals surface area (Å²) < 4.78 is 24.4. The Bertz CT molecular complexity index is 1430. The van der Waals surface area contributed by atoms with Gasteiger partial charge < -0.3 is 19.4 Å². The number of fused-ring (bicyclic) bond motifs is 1. The molecule has 3 aromatic rings. The first kappa shape index (κ1) is 26.7. The molecule has 9 nitrogen and oxygen atoms in total. The predicted molar refractivity (Wildman–Crippen MR) is 139 cm³/mol. The van der Waals surface area contributed by atoms with Crippen LogP contribution >= 0.6 is 19.4 Å². The van der Waals surface area contributed by atoms with Gasteiger partial charge in [0.2, 0.25) is 0 Å². The van der Waals surface area contributed by atoms with Crippen LogP contribution in [-0.2, 0) is 20.6 Å². The number of phosphoric ester groups is 1. The molecule has 1 N–H and O–H groups in total. The normalized spacial score (nSPS) is 22.0. The second-order valence-electron chi connectivity index (χ2n) is 9.64. The first-order chi connectivity index (χ1) is 18.1. The highest BCUT2D eigenvalue weighted by atomic mass is 35.5. The molecule has 5 rings (SSSR count). The number of rotatable bonds is 7. The fraction of sp³-hybridized carbons (Fsp3) is 0.333. The monoisotopic (exact) mass is 557 g/mol. The van der Waals surface area contributed by atoms with Gasteiger partial charge in [-0.1, -0.05) is 29.8 Å². The predicted octanol–water partition coefficient (Wildman–Crippen LogP) is 4.08. The standard InChI is InChI=1S/C27H29ClN3O6P/c1-18-15-29(16-30(18)17-37-38(33,34)35)25-11-3-19(14-26(25)36-2)13-21-6-9-23-10-12-24(31(23)27(21)32)20-4-7-22(28)8-5-20/h3-5,7-8,11,13-16,23-24H,6,9-10,12,17H2,1-2H3,(H-,33,34,35)/b21-13+/t23-,24-/m0/s1. The van der Waals surface area contributed by atoms with Crippen molar-refractivity contribution < 1.29 is 33.0 Å². The van der Waals surface area contributed by atoms with Gasteiger partial charge in [-0.15, -0.1) is 0 Å². The highest BCUT2D eigenvalue weighted by Gasteiger charge is 2.41. The van der Waals surface area contributed by atoms with Gasteiger partial charge in [-0.05, 0) is 67.2 Å². The topological polar surface area (TPSA) is 108 Å². The molecular formula is C27H29ClN3O6P. The van der Waals surface area contributed by atoms with Gasteiger partial charge in [-0.25, -0.2) is 4.57 Å². The molecule has 11 heteroatoms. The van der Waals surface area contributed by atoms with Crippen molar-refractivity contribution in [3.05, 3.63) is 82.4 Å². The van der Waals surface area contributed by atoms with Crippen molar-refractivity contribution in [1.29, 1.82) is 0 Å². The number of carbonyl (C=O) groups is 1. The molecule has 0 saturated carbocycles. The van der Waals surface area contributed by atoms with Gasteiger partial charge in [0.05, 0.1) is 13.2 Å². The summed E-state index contributed by atoms with van der Waals surface area (Å²) in [4.78, 5) is 35.5. The average Bonchev–Trinajstić information content (AvgIpc) is 3.48. The van der Waals surface area contributed by atoms with Gasteiger partial charge in [0.25, 0.3) is 20.1 Å². The molecule has 0 radical (unpaired) electrons. The van der Waals surface area contributed by atoms with E-state index in [9.17, 15) is 14.3 Å². The molecule has 38 heavy (non-hydrogen) atoms. The number of ether oxygens (including phenoxy) is 1. The SMILES string of the molecule is COc1cc(/C=C2\CC[C@H]3CC[C@@H](c4ccc(Cl)cc4)N3C2=O)ccc1-[n+]1cc(C)n(COP(=O)([O-])O)c1. The molecule has 0 spiro atoms. The number of hydrogen-bond donors (Lipinski definition) is 1. The zero-order valence-electron chi connectivity index (χ0n) is 21.1. The smallest absolute Gasteiger partial charge is 0.268 e. The first-order valence-electron chi connectivity index (χ1n) is 12.4. The van der Waals surface area contributed by atoms with E-state index in [1.165, 1.54) is 0 Å². The number of imidazole rings is 1. The lowest BCUT2D eigenvalue weighted by Gasteiger charge is -2.35. The molecule has 1 unspecified atom stereocenters. The Balaban J connectivity index is 1.38. The molecule has 2 aliphatic rings. The van der Waals surface area contributed by atoms with Crippen molar-refractivity contribution in [1.82, 2.24) is 9.47 Å². The zero-order valence-corrected chi connectivity index (χ0v) is 22.8. The Hall–Kier alpha value is -2.94. The molecule has 1 aromatic heterocycles. The van der Waals surface area contributed by atoms with Crippen molar-refractivity contribution in [2.75, 3.05) is 7.11 Å². The maximum atomic E-state index is 13.6. The van der Waals surface area contributed by atoms with Crippen molar-refractivity contribution in [3.63, 3.8) is 0 Å². The molecule has 2 aliphatic heterocycles. The van der Waals surface area contributed by atoms with Crippen molar-refractivity contribution >= 4 is 31.4 Å². The van der Waals surface area contributed by atoms with Crippen LogP contribution in [0.15, 0.2) is 60.6 Å². The Morgan fingerprint density at radius 2 is 1.97 bits per heavy atom. The summed E-state index contributed by atoms with van der Waals surface area (Å²) in [6, 6.07) is 13.7. The van der Waals surface area contributed by atoms with E-state index in [4.69, 9.17) is 21.2 Å². The van der Waals surface area contributed by atoms with Crippen LogP contribution in [0.25, 0.3) is 11.8 Å². The highest BCUT2D eigenvalue weighted by Crippen LogP contribution is 2.43. The highest BCUT2D eigenvalue weighted by molar-refractivity contribution is 7.44. The minimum Gasteiger partial charge on any atom is -0.756 e. The molecule has 0 bridgehead atoms. The van der Waals surface area contributed by atoms with E-state index in [0.29, 0.717) is 10.8 Å². The third kappa shape index (κ3) is 5.58. The second kappa shape index (κ2) is 10.7. The molecular weight excluding hydrogens is 529 g/mol. The summed E-state index contributed by atoms with van der Waals surface area (Å²) in [5, 5.41) is 0.683. The molecule has 200 valence electrons. The summed E-state index contributed by atoms with van der Waals surface area (Å²) >= 11 is 6.07. The molecule has 3 heterocycles. The van der Waals surface area contributed by atoms with E-state index in [1.54, 1.807) is 35.7 Å². The van der Waals surface area contributed by atoms with Crippen LogP contribution in [0.5, 0.6) is 5.75 Å². The minimum absolute atomic E-state index is 0.0550. The van der Waals surface area contributed by atoms with Crippen LogP contribution in [0.2, 0.25) is 5.02 Å². The summed E-state index contributed by atoms with van der Waals surface area (Å²) in [6.07, 6.45) is 8.98. The number of aryl methyl sites for hydroxylation is 1. The Kier molecular flexibility index (Phi) is 7.49. The fourth-order valence-corrected chi connectivity index (χ4v) is 5.76. The lowest BCUT2D eigenvalue weighted by atomic mass is 9.95. The number of methoxy groups -OCH3 is 1. The van der Waals surface area contributed by atoms with E-state index in [2.05, 4.69) is 4.52 Å². The maximum Gasteiger partial charge on any atom is 0.268 e. The summed E-state index contributed by atoms with van der Waals surface area (Å²) in [7, 11) is -3.27. The molecule has 3 atom stereocenters. The average molecular weight is 558 g/mol. The number of hydrogen-bond acceptors (Lipinski definition) is 5. The summed E-state index contributed by atoms with van der Waals surface area (Å²) in [6.45, 7) is 1.44. The second-order valence-corrected chi connectivity index (χ2v) is 11.3. The maximum absolute atomic E-state index is 13.6. The zero-order chi connectivity index (χ0) is 27.0. The first-order valence-corrected chi connectivity index (χ1v) is 14.2. The van der Waals surface area contributed by atoms with E-state index in [0.717, 1.165) is 53.8 Å². The number of piperidine rings is 1. The Morgan fingerprint density at radius 3 is 2.68 bits per heavy atom. The quantitative estimate of drug-likeness (QED) is 0.266. The number of amides is 1. The van der Waals surface area contributed by atoms with Gasteiger partial charge in [0.1, 0.15) is 11.9 Å². The Labute approximate surface area is 226 Å². The number of nitrogens with zero attached hydrogens (tertiary/aromatic N) is 3. The third-order valence-corrected chi connectivity index (χ3v) is 7.93. The lowest BCUT2D eigenvalue weighted by molar-refractivity contribution is -0.596.